The van der Waals surface area contributed by atoms with E-state index in [2.05, 4.69) is 10.3 Å². The van der Waals surface area contributed by atoms with Gasteiger partial charge in [-0.3, -0.25) is 4.79 Å². The maximum absolute atomic E-state index is 12.9. The number of carbonyl (C=O) groups is 1. The van der Waals surface area contributed by atoms with E-state index < -0.39 is 5.82 Å². The van der Waals surface area contributed by atoms with Crippen molar-refractivity contribution < 1.29 is 18.3 Å². The first-order valence-corrected chi connectivity index (χ1v) is 7.14. The molecule has 1 N–H and O–H groups in total. The zero-order valence-electron chi connectivity index (χ0n) is 12.1. The summed E-state index contributed by atoms with van der Waals surface area (Å²) >= 11 is 5.83. The third-order valence-corrected chi connectivity index (χ3v) is 3.33. The van der Waals surface area contributed by atoms with Crippen LogP contribution in [-0.4, -0.2) is 17.5 Å². The summed E-state index contributed by atoms with van der Waals surface area (Å²) in [6.07, 6.45) is 0. The van der Waals surface area contributed by atoms with Crippen molar-refractivity contribution in [1.82, 2.24) is 4.98 Å². The van der Waals surface area contributed by atoms with Crippen LogP contribution in [-0.2, 0) is 4.79 Å². The van der Waals surface area contributed by atoms with Crippen molar-refractivity contribution in [2.75, 3.05) is 11.9 Å². The number of oxazole rings is 1. The van der Waals surface area contributed by atoms with E-state index in [1.807, 2.05) is 0 Å². The number of aryl methyl sites for hydroxylation is 1. The number of amides is 1. The number of rotatable bonds is 4. The molecule has 0 aliphatic heterocycles. The molecule has 0 atom stereocenters. The molecule has 0 radical (unpaired) electrons. The number of carbonyl (C=O) groups excluding carboxylic acids is 1. The molecular weight excluding hydrogens is 323 g/mol. The van der Waals surface area contributed by atoms with E-state index in [1.165, 1.54) is 12.1 Å². The minimum atomic E-state index is -0.469. The van der Waals surface area contributed by atoms with Gasteiger partial charge < -0.3 is 14.5 Å². The molecule has 1 heterocycles. The quantitative estimate of drug-likeness (QED) is 0.784. The second kappa shape index (κ2) is 6.26. The Morgan fingerprint density at radius 1 is 1.35 bits per heavy atom. The SMILES string of the molecule is Cc1nc2cc(NC(=O)COc3ccc(F)cc3Cl)ccc2o1. The Hall–Kier alpha value is -2.60. The topological polar surface area (TPSA) is 64.4 Å². The van der Waals surface area contributed by atoms with Crippen molar-refractivity contribution in [2.45, 2.75) is 6.92 Å². The predicted octanol–water partition coefficient (Wildman–Crippen LogP) is 3.95. The van der Waals surface area contributed by atoms with Gasteiger partial charge in [0.05, 0.1) is 5.02 Å². The Labute approximate surface area is 136 Å². The Morgan fingerprint density at radius 2 is 2.17 bits per heavy atom. The van der Waals surface area contributed by atoms with Crippen LogP contribution in [0.1, 0.15) is 5.89 Å². The first-order chi connectivity index (χ1) is 11.0. The molecule has 0 fully saturated rings. The second-order valence-electron chi connectivity index (χ2n) is 4.83. The molecule has 2 aromatic carbocycles. The molecule has 23 heavy (non-hydrogen) atoms. The molecule has 3 rings (SSSR count). The summed E-state index contributed by atoms with van der Waals surface area (Å²) in [7, 11) is 0. The third-order valence-electron chi connectivity index (χ3n) is 3.03. The van der Waals surface area contributed by atoms with Gasteiger partial charge in [0.1, 0.15) is 17.1 Å². The normalized spacial score (nSPS) is 10.7. The smallest absolute Gasteiger partial charge is 0.262 e. The van der Waals surface area contributed by atoms with Crippen molar-refractivity contribution in [2.24, 2.45) is 0 Å². The van der Waals surface area contributed by atoms with Gasteiger partial charge in [-0.25, -0.2) is 9.37 Å². The van der Waals surface area contributed by atoms with Gasteiger partial charge in [-0.1, -0.05) is 11.6 Å². The van der Waals surface area contributed by atoms with Crippen LogP contribution in [0.25, 0.3) is 11.1 Å². The van der Waals surface area contributed by atoms with E-state index in [9.17, 15) is 9.18 Å². The van der Waals surface area contributed by atoms with Crippen molar-refractivity contribution in [3.05, 3.63) is 53.1 Å². The first kappa shape index (κ1) is 15.3. The molecular formula is C16H12ClFN2O3. The molecule has 0 aliphatic rings. The van der Waals surface area contributed by atoms with E-state index in [4.69, 9.17) is 20.8 Å². The molecule has 0 aliphatic carbocycles. The average Bonchev–Trinajstić information content (AvgIpc) is 2.85. The molecule has 118 valence electrons. The number of hydrogen-bond acceptors (Lipinski definition) is 4. The van der Waals surface area contributed by atoms with Crippen LogP contribution in [0.5, 0.6) is 5.75 Å². The van der Waals surface area contributed by atoms with Gasteiger partial charge in [0, 0.05) is 12.6 Å². The predicted molar refractivity (Wildman–Crippen MR) is 84.3 cm³/mol. The Balaban J connectivity index is 1.63. The lowest BCUT2D eigenvalue weighted by molar-refractivity contribution is -0.118. The highest BCUT2D eigenvalue weighted by Crippen LogP contribution is 2.25. The second-order valence-corrected chi connectivity index (χ2v) is 5.23. The summed E-state index contributed by atoms with van der Waals surface area (Å²) in [5.41, 5.74) is 1.88. The lowest BCUT2D eigenvalue weighted by atomic mass is 10.3. The summed E-state index contributed by atoms with van der Waals surface area (Å²) in [5.74, 6) is -0.0449. The maximum atomic E-state index is 12.9. The van der Waals surface area contributed by atoms with E-state index >= 15 is 0 Å². The molecule has 1 amide bonds. The molecule has 0 spiro atoms. The third kappa shape index (κ3) is 3.60. The van der Waals surface area contributed by atoms with Crippen LogP contribution in [0.15, 0.2) is 40.8 Å². The van der Waals surface area contributed by atoms with Crippen molar-refractivity contribution in [3.63, 3.8) is 0 Å². The highest BCUT2D eigenvalue weighted by molar-refractivity contribution is 6.32. The number of aromatic nitrogens is 1. The Bertz CT molecular complexity index is 879. The summed E-state index contributed by atoms with van der Waals surface area (Å²) in [4.78, 5) is 16.1. The molecule has 0 bridgehead atoms. The number of halogens is 2. The summed E-state index contributed by atoms with van der Waals surface area (Å²) < 4.78 is 23.6. The minimum Gasteiger partial charge on any atom is -0.482 e. The van der Waals surface area contributed by atoms with E-state index in [0.29, 0.717) is 22.7 Å². The van der Waals surface area contributed by atoms with Crippen LogP contribution >= 0.6 is 11.6 Å². The minimum absolute atomic E-state index is 0.109. The number of hydrogen-bond donors (Lipinski definition) is 1. The van der Waals surface area contributed by atoms with E-state index in [0.717, 1.165) is 6.07 Å². The van der Waals surface area contributed by atoms with Crippen molar-refractivity contribution in [3.8, 4) is 5.75 Å². The lowest BCUT2D eigenvalue weighted by Crippen LogP contribution is -2.20. The molecule has 3 aromatic rings. The largest absolute Gasteiger partial charge is 0.482 e. The zero-order valence-corrected chi connectivity index (χ0v) is 12.9. The lowest BCUT2D eigenvalue weighted by Gasteiger charge is -2.08. The number of ether oxygens (including phenoxy) is 1. The van der Waals surface area contributed by atoms with Crippen LogP contribution in [0.3, 0.4) is 0 Å². The van der Waals surface area contributed by atoms with Gasteiger partial charge in [0.2, 0.25) is 0 Å². The fourth-order valence-corrected chi connectivity index (χ4v) is 2.27. The fraction of sp³-hybridized carbons (Fsp3) is 0.125. The summed E-state index contributed by atoms with van der Waals surface area (Å²) in [5, 5.41) is 2.79. The molecule has 0 unspecified atom stereocenters. The van der Waals surface area contributed by atoms with E-state index in [1.54, 1.807) is 25.1 Å². The Kier molecular flexibility index (Phi) is 4.16. The van der Waals surface area contributed by atoms with Gasteiger partial charge in [0.25, 0.3) is 5.91 Å². The van der Waals surface area contributed by atoms with Gasteiger partial charge >= 0.3 is 0 Å². The number of nitrogens with zero attached hydrogens (tertiary/aromatic N) is 1. The monoisotopic (exact) mass is 334 g/mol. The maximum Gasteiger partial charge on any atom is 0.262 e. The van der Waals surface area contributed by atoms with Crippen molar-refractivity contribution in [1.29, 1.82) is 0 Å². The van der Waals surface area contributed by atoms with Crippen molar-refractivity contribution >= 4 is 34.3 Å². The molecule has 7 heteroatoms. The highest BCUT2D eigenvalue weighted by atomic mass is 35.5. The van der Waals surface area contributed by atoms with Crippen LogP contribution in [0.4, 0.5) is 10.1 Å². The summed E-state index contributed by atoms with van der Waals surface area (Å²) in [6.45, 7) is 1.50. The van der Waals surface area contributed by atoms with Crippen LogP contribution < -0.4 is 10.1 Å². The van der Waals surface area contributed by atoms with Gasteiger partial charge in [0.15, 0.2) is 18.1 Å². The zero-order chi connectivity index (χ0) is 16.4. The molecule has 0 saturated carbocycles. The van der Waals surface area contributed by atoms with Crippen LogP contribution in [0, 0.1) is 12.7 Å². The number of benzene rings is 2. The van der Waals surface area contributed by atoms with Gasteiger partial charge in [-0.2, -0.15) is 0 Å². The average molecular weight is 335 g/mol. The number of fused-ring (bicyclic) bond motifs is 1. The molecule has 1 aromatic heterocycles. The van der Waals surface area contributed by atoms with Gasteiger partial charge in [-0.05, 0) is 36.4 Å². The van der Waals surface area contributed by atoms with E-state index in [-0.39, 0.29) is 23.3 Å². The molecule has 0 saturated heterocycles. The molecule has 5 nitrogen and oxygen atoms in total. The highest BCUT2D eigenvalue weighted by Gasteiger charge is 2.09. The van der Waals surface area contributed by atoms with Crippen LogP contribution in [0.2, 0.25) is 5.02 Å². The van der Waals surface area contributed by atoms with Gasteiger partial charge in [-0.15, -0.1) is 0 Å². The Morgan fingerprint density at radius 3 is 2.96 bits per heavy atom. The fourth-order valence-electron chi connectivity index (χ4n) is 2.05. The summed E-state index contributed by atoms with van der Waals surface area (Å²) in [6, 6.07) is 8.83. The number of anilines is 1. The first-order valence-electron chi connectivity index (χ1n) is 6.76. The standard InChI is InChI=1S/C16H12ClFN2O3/c1-9-19-13-7-11(3-5-15(13)23-9)20-16(21)8-22-14-4-2-10(18)6-12(14)17/h2-7H,8H2,1H3,(H,20,21). The number of nitrogens with one attached hydrogen (secondary N) is 1.